The van der Waals surface area contributed by atoms with Gasteiger partial charge in [-0.05, 0) is 63.5 Å². The normalized spacial score (nSPS) is 32.9. The molecule has 0 bridgehead atoms. The largest absolute Gasteiger partial charge is 0.349 e. The van der Waals surface area contributed by atoms with Gasteiger partial charge >= 0.3 is 0 Å². The lowest BCUT2D eigenvalue weighted by molar-refractivity contribution is -0.0399. The summed E-state index contributed by atoms with van der Waals surface area (Å²) in [6.07, 6.45) is 6.09. The van der Waals surface area contributed by atoms with Gasteiger partial charge in [-0.3, -0.25) is 4.79 Å². The standard InChI is InChI=1S/C21H31F2N3OS/c1-12-16(17-10-18(17)25-14-4-2-13(24)3-5-14)11-19(28-12)20(27)26-15-6-8-21(22,23)9-7-15/h11,13-15,17-18,25H,2-10,24H2,1H3,(H,26,27). The minimum Gasteiger partial charge on any atom is -0.349 e. The molecule has 0 radical (unpaired) electrons. The lowest BCUT2D eigenvalue weighted by atomic mass is 9.92. The zero-order chi connectivity index (χ0) is 19.9. The van der Waals surface area contributed by atoms with Crippen LogP contribution >= 0.6 is 11.3 Å². The summed E-state index contributed by atoms with van der Waals surface area (Å²) >= 11 is 1.52. The average molecular weight is 412 g/mol. The quantitative estimate of drug-likeness (QED) is 0.684. The van der Waals surface area contributed by atoms with Crippen LogP contribution in [0.2, 0.25) is 0 Å². The third-order valence-electron chi connectivity index (χ3n) is 6.64. The highest BCUT2D eigenvalue weighted by molar-refractivity contribution is 7.14. The number of nitrogens with two attached hydrogens (primary N) is 1. The maximum absolute atomic E-state index is 13.3. The van der Waals surface area contributed by atoms with E-state index in [0.29, 0.717) is 41.8 Å². The molecule has 2 unspecified atom stereocenters. The Morgan fingerprint density at radius 2 is 1.82 bits per heavy atom. The molecule has 0 saturated heterocycles. The highest BCUT2D eigenvalue weighted by atomic mass is 32.1. The molecule has 2 atom stereocenters. The van der Waals surface area contributed by atoms with E-state index in [4.69, 9.17) is 5.73 Å². The van der Waals surface area contributed by atoms with Crippen molar-refractivity contribution in [1.29, 1.82) is 0 Å². The molecule has 3 aliphatic carbocycles. The predicted octanol–water partition coefficient (Wildman–Crippen LogP) is 4.08. The molecular formula is C21H31F2N3OS. The molecule has 0 aliphatic heterocycles. The van der Waals surface area contributed by atoms with Crippen LogP contribution < -0.4 is 16.4 Å². The molecule has 156 valence electrons. The van der Waals surface area contributed by atoms with Crippen molar-refractivity contribution < 1.29 is 13.6 Å². The van der Waals surface area contributed by atoms with E-state index in [1.807, 2.05) is 6.07 Å². The summed E-state index contributed by atoms with van der Waals surface area (Å²) in [5.41, 5.74) is 7.27. The van der Waals surface area contributed by atoms with Crippen molar-refractivity contribution in [3.8, 4) is 0 Å². The molecule has 3 aliphatic rings. The van der Waals surface area contributed by atoms with Crippen LogP contribution in [-0.4, -0.2) is 36.0 Å². The van der Waals surface area contributed by atoms with E-state index in [2.05, 4.69) is 17.6 Å². The van der Waals surface area contributed by atoms with Gasteiger partial charge in [0.15, 0.2) is 0 Å². The van der Waals surface area contributed by atoms with Crippen LogP contribution in [0, 0.1) is 6.92 Å². The summed E-state index contributed by atoms with van der Waals surface area (Å²) in [5, 5.41) is 6.74. The first-order valence-corrected chi connectivity index (χ1v) is 11.4. The van der Waals surface area contributed by atoms with E-state index >= 15 is 0 Å². The van der Waals surface area contributed by atoms with Crippen LogP contribution in [-0.2, 0) is 0 Å². The zero-order valence-corrected chi connectivity index (χ0v) is 17.3. The van der Waals surface area contributed by atoms with Crippen LogP contribution in [0.5, 0.6) is 0 Å². The molecule has 3 fully saturated rings. The number of hydrogen-bond acceptors (Lipinski definition) is 4. The fourth-order valence-electron chi connectivity index (χ4n) is 4.73. The fraction of sp³-hybridized carbons (Fsp3) is 0.762. The molecule has 1 aromatic rings. The molecule has 1 amide bonds. The van der Waals surface area contributed by atoms with Crippen molar-refractivity contribution >= 4 is 17.2 Å². The smallest absolute Gasteiger partial charge is 0.261 e. The molecule has 3 saturated carbocycles. The lowest BCUT2D eigenvalue weighted by Crippen LogP contribution is -2.40. The molecule has 0 spiro atoms. The van der Waals surface area contributed by atoms with Gasteiger partial charge in [-0.2, -0.15) is 0 Å². The second-order valence-electron chi connectivity index (χ2n) is 8.95. The van der Waals surface area contributed by atoms with E-state index in [9.17, 15) is 13.6 Å². The lowest BCUT2D eigenvalue weighted by Gasteiger charge is -2.28. The van der Waals surface area contributed by atoms with Crippen molar-refractivity contribution in [2.24, 2.45) is 5.73 Å². The molecule has 1 aromatic heterocycles. The number of carbonyl (C=O) groups is 1. The molecule has 4 nitrogen and oxygen atoms in total. The number of thiophene rings is 1. The van der Waals surface area contributed by atoms with Gasteiger partial charge in [0, 0.05) is 47.8 Å². The Morgan fingerprint density at radius 1 is 1.14 bits per heavy atom. The van der Waals surface area contributed by atoms with Gasteiger partial charge < -0.3 is 16.4 Å². The topological polar surface area (TPSA) is 67.2 Å². The van der Waals surface area contributed by atoms with E-state index < -0.39 is 5.92 Å². The molecule has 1 heterocycles. The second-order valence-corrected chi connectivity index (χ2v) is 10.2. The van der Waals surface area contributed by atoms with E-state index in [-0.39, 0.29) is 24.8 Å². The molecule has 7 heteroatoms. The van der Waals surface area contributed by atoms with Gasteiger partial charge in [0.2, 0.25) is 5.92 Å². The summed E-state index contributed by atoms with van der Waals surface area (Å²) in [7, 11) is 0. The van der Waals surface area contributed by atoms with Gasteiger partial charge in [-0.1, -0.05) is 0 Å². The molecule has 4 rings (SSSR count). The van der Waals surface area contributed by atoms with Crippen molar-refractivity contribution in [1.82, 2.24) is 10.6 Å². The van der Waals surface area contributed by atoms with Gasteiger partial charge in [0.05, 0.1) is 4.88 Å². The summed E-state index contributed by atoms with van der Waals surface area (Å²) in [4.78, 5) is 14.5. The first-order chi connectivity index (χ1) is 13.3. The monoisotopic (exact) mass is 411 g/mol. The van der Waals surface area contributed by atoms with Crippen LogP contribution in [0.1, 0.15) is 83.8 Å². The van der Waals surface area contributed by atoms with Crippen LogP contribution in [0.3, 0.4) is 0 Å². The number of rotatable bonds is 5. The van der Waals surface area contributed by atoms with E-state index in [1.165, 1.54) is 21.8 Å². The maximum atomic E-state index is 13.3. The van der Waals surface area contributed by atoms with Gasteiger partial charge in [0.25, 0.3) is 5.91 Å². The van der Waals surface area contributed by atoms with Crippen LogP contribution in [0.15, 0.2) is 6.07 Å². The SMILES string of the molecule is Cc1sc(C(=O)NC2CCC(F)(F)CC2)cc1C1CC1NC1CCC(N)CC1. The van der Waals surface area contributed by atoms with E-state index in [1.54, 1.807) is 0 Å². The highest BCUT2D eigenvalue weighted by Crippen LogP contribution is 2.45. The number of nitrogens with one attached hydrogen (secondary N) is 2. The van der Waals surface area contributed by atoms with Crippen LogP contribution in [0.4, 0.5) is 8.78 Å². The molecular weight excluding hydrogens is 380 g/mol. The van der Waals surface area contributed by atoms with Crippen molar-refractivity contribution in [3.05, 3.63) is 21.4 Å². The summed E-state index contributed by atoms with van der Waals surface area (Å²) in [6.45, 7) is 2.08. The Labute approximate surface area is 169 Å². The number of amides is 1. The minimum atomic E-state index is -2.56. The second kappa shape index (κ2) is 8.00. The summed E-state index contributed by atoms with van der Waals surface area (Å²) < 4.78 is 26.6. The first-order valence-electron chi connectivity index (χ1n) is 10.6. The maximum Gasteiger partial charge on any atom is 0.261 e. The minimum absolute atomic E-state index is 0.110. The average Bonchev–Trinajstić information content (AvgIpc) is 3.29. The third kappa shape index (κ3) is 4.74. The number of halogens is 2. The number of hydrogen-bond donors (Lipinski definition) is 3. The van der Waals surface area contributed by atoms with Gasteiger partial charge in [0.1, 0.15) is 0 Å². The number of carbonyl (C=O) groups excluding carboxylic acids is 1. The molecule has 28 heavy (non-hydrogen) atoms. The summed E-state index contributed by atoms with van der Waals surface area (Å²) in [5.74, 6) is -2.19. The highest BCUT2D eigenvalue weighted by Gasteiger charge is 2.41. The first kappa shape index (κ1) is 20.2. The number of alkyl halides is 2. The Kier molecular flexibility index (Phi) is 5.78. The summed E-state index contributed by atoms with van der Waals surface area (Å²) in [6, 6.07) is 3.33. The van der Waals surface area contributed by atoms with Gasteiger partial charge in [-0.25, -0.2) is 8.78 Å². The van der Waals surface area contributed by atoms with Crippen molar-refractivity contribution in [2.45, 2.75) is 101 Å². The zero-order valence-electron chi connectivity index (χ0n) is 16.5. The Balaban J connectivity index is 1.30. The Bertz CT molecular complexity index is 705. The van der Waals surface area contributed by atoms with Crippen molar-refractivity contribution in [2.75, 3.05) is 0 Å². The van der Waals surface area contributed by atoms with E-state index in [0.717, 1.165) is 32.1 Å². The van der Waals surface area contributed by atoms with Crippen molar-refractivity contribution in [3.63, 3.8) is 0 Å². The predicted molar refractivity (Wildman–Crippen MR) is 108 cm³/mol. The Hall–Kier alpha value is -1.05. The number of aryl methyl sites for hydroxylation is 1. The van der Waals surface area contributed by atoms with Gasteiger partial charge in [-0.15, -0.1) is 11.3 Å². The Morgan fingerprint density at radius 3 is 2.50 bits per heavy atom. The fourth-order valence-corrected chi connectivity index (χ4v) is 5.72. The third-order valence-corrected chi connectivity index (χ3v) is 7.71. The van der Waals surface area contributed by atoms with Crippen LogP contribution in [0.25, 0.3) is 0 Å². The molecule has 4 N–H and O–H groups in total. The molecule has 0 aromatic carbocycles.